The Morgan fingerprint density at radius 3 is 2.88 bits per heavy atom. The molecule has 4 rings (SSSR count). The van der Waals surface area contributed by atoms with Crippen molar-refractivity contribution in [2.24, 2.45) is 4.99 Å². The van der Waals surface area contributed by atoms with Gasteiger partial charge in [0.2, 0.25) is 0 Å². The third-order valence-electron chi connectivity index (χ3n) is 5.18. The first-order valence-corrected chi connectivity index (χ1v) is 10.6. The number of rotatable bonds is 7. The highest BCUT2D eigenvalue weighted by molar-refractivity contribution is 6.00. The van der Waals surface area contributed by atoms with Crippen LogP contribution in [-0.4, -0.2) is 50.2 Å². The lowest BCUT2D eigenvalue weighted by Crippen LogP contribution is -2.28. The van der Waals surface area contributed by atoms with E-state index in [-0.39, 0.29) is 16.8 Å². The van der Waals surface area contributed by atoms with Crippen molar-refractivity contribution >= 4 is 34.7 Å². The minimum atomic E-state index is -1.02. The Hall–Kier alpha value is -4.02. The molecule has 1 fully saturated rings. The molecule has 3 aromatic rings. The molecule has 172 valence electrons. The van der Waals surface area contributed by atoms with Crippen molar-refractivity contribution in [3.8, 4) is 0 Å². The molecular weight excluding hydrogens is 427 g/mol. The summed E-state index contributed by atoms with van der Waals surface area (Å²) >= 11 is 0. The first-order chi connectivity index (χ1) is 16.0. The standard InChI is InChI=1S/C22H25FN8O2/c1-4-8-25-18(5-2)30-9-6-7-15(22(30)33)27-17-11-19(24-3)31-20(29-17)13(12-26-31)21(32)28-16-10-14(16)23/h4,6-9,11-12,14,16,24H,5,10H2,1-3H3,(H,27,29)(H,28,32)/b8-4-,25-18?. The van der Waals surface area contributed by atoms with Gasteiger partial charge in [-0.25, -0.2) is 14.4 Å². The van der Waals surface area contributed by atoms with Crippen LogP contribution < -0.4 is 21.5 Å². The second-order valence-electron chi connectivity index (χ2n) is 7.51. The summed E-state index contributed by atoms with van der Waals surface area (Å²) in [5, 5.41) is 12.9. The molecule has 2 atom stereocenters. The summed E-state index contributed by atoms with van der Waals surface area (Å²) in [6.07, 6.45) is 6.33. The summed E-state index contributed by atoms with van der Waals surface area (Å²) in [5.41, 5.74) is 0.496. The van der Waals surface area contributed by atoms with Gasteiger partial charge in [-0.2, -0.15) is 9.61 Å². The van der Waals surface area contributed by atoms with E-state index in [0.717, 1.165) is 0 Å². The number of allylic oxidation sites excluding steroid dienone is 1. The van der Waals surface area contributed by atoms with Gasteiger partial charge in [0, 0.05) is 38.4 Å². The van der Waals surface area contributed by atoms with E-state index < -0.39 is 18.1 Å². The van der Waals surface area contributed by atoms with Crippen molar-refractivity contribution in [3.63, 3.8) is 0 Å². The Morgan fingerprint density at radius 2 is 2.21 bits per heavy atom. The van der Waals surface area contributed by atoms with Gasteiger partial charge in [0.05, 0.1) is 12.2 Å². The third kappa shape index (κ3) is 4.47. The van der Waals surface area contributed by atoms with E-state index in [0.29, 0.717) is 36.0 Å². The van der Waals surface area contributed by atoms with Crippen molar-refractivity contribution in [2.45, 2.75) is 38.9 Å². The molecule has 33 heavy (non-hydrogen) atoms. The normalized spacial score (nSPS) is 18.0. The predicted molar refractivity (Wildman–Crippen MR) is 125 cm³/mol. The van der Waals surface area contributed by atoms with Gasteiger partial charge >= 0.3 is 0 Å². The lowest BCUT2D eigenvalue weighted by molar-refractivity contribution is 0.0949. The largest absolute Gasteiger partial charge is 0.373 e. The summed E-state index contributed by atoms with van der Waals surface area (Å²) in [4.78, 5) is 34.5. The Kier molecular flexibility index (Phi) is 6.20. The van der Waals surface area contributed by atoms with Crippen LogP contribution in [0.25, 0.3) is 5.65 Å². The molecule has 11 heteroatoms. The van der Waals surface area contributed by atoms with E-state index >= 15 is 0 Å². The second-order valence-corrected chi connectivity index (χ2v) is 7.51. The molecule has 1 aliphatic rings. The molecule has 2 unspecified atom stereocenters. The van der Waals surface area contributed by atoms with Gasteiger partial charge < -0.3 is 16.0 Å². The Labute approximate surface area is 189 Å². The number of aromatic nitrogens is 4. The number of halogens is 1. The monoisotopic (exact) mass is 452 g/mol. The predicted octanol–water partition coefficient (Wildman–Crippen LogP) is 2.71. The summed E-state index contributed by atoms with van der Waals surface area (Å²) in [6, 6.07) is 4.58. The van der Waals surface area contributed by atoms with Crippen LogP contribution in [0.4, 0.5) is 21.7 Å². The number of anilines is 3. The number of pyridine rings is 1. The molecule has 1 saturated carbocycles. The molecule has 1 aliphatic carbocycles. The molecule has 0 aliphatic heterocycles. The summed E-state index contributed by atoms with van der Waals surface area (Å²) in [5.74, 6) is 1.05. The van der Waals surface area contributed by atoms with Crippen LogP contribution in [0.15, 0.2) is 52.7 Å². The van der Waals surface area contributed by atoms with Gasteiger partial charge in [-0.05, 0) is 19.1 Å². The summed E-state index contributed by atoms with van der Waals surface area (Å²) in [7, 11) is 1.71. The van der Waals surface area contributed by atoms with E-state index in [1.54, 1.807) is 43.7 Å². The number of nitrogens with zero attached hydrogens (tertiary/aromatic N) is 5. The van der Waals surface area contributed by atoms with E-state index in [1.165, 1.54) is 15.3 Å². The lowest BCUT2D eigenvalue weighted by atomic mass is 10.3. The van der Waals surface area contributed by atoms with Gasteiger partial charge in [-0.1, -0.05) is 13.0 Å². The molecule has 0 bridgehead atoms. The van der Waals surface area contributed by atoms with Crippen LogP contribution in [-0.2, 0) is 0 Å². The maximum atomic E-state index is 13.2. The molecule has 10 nitrogen and oxygen atoms in total. The zero-order chi connectivity index (χ0) is 23.5. The highest BCUT2D eigenvalue weighted by Gasteiger charge is 2.39. The highest BCUT2D eigenvalue weighted by atomic mass is 19.1. The van der Waals surface area contributed by atoms with Crippen molar-refractivity contribution < 1.29 is 9.18 Å². The fourth-order valence-corrected chi connectivity index (χ4v) is 3.34. The van der Waals surface area contributed by atoms with Crippen LogP contribution in [0.1, 0.15) is 37.0 Å². The quantitative estimate of drug-likeness (QED) is 0.375. The number of aliphatic imine (C=N–C) groups is 1. The van der Waals surface area contributed by atoms with Crippen LogP contribution >= 0.6 is 0 Å². The SMILES string of the molecule is C/C=C\N=C(CC)n1cccc(Nc2cc(NC)n3ncc(C(=O)NC4CC4F)c3n2)c1=O. The van der Waals surface area contributed by atoms with Crippen LogP contribution in [0.5, 0.6) is 0 Å². The minimum absolute atomic E-state index is 0.214. The van der Waals surface area contributed by atoms with Gasteiger partial charge in [-0.15, -0.1) is 0 Å². The summed E-state index contributed by atoms with van der Waals surface area (Å²) < 4.78 is 16.2. The molecule has 3 heterocycles. The Bertz CT molecular complexity index is 1310. The molecule has 3 N–H and O–H groups in total. The van der Waals surface area contributed by atoms with Crippen LogP contribution in [0.3, 0.4) is 0 Å². The molecule has 0 radical (unpaired) electrons. The zero-order valence-electron chi connectivity index (χ0n) is 18.5. The van der Waals surface area contributed by atoms with E-state index in [1.807, 2.05) is 13.8 Å². The van der Waals surface area contributed by atoms with Gasteiger partial charge in [-0.3, -0.25) is 14.2 Å². The number of amides is 1. The maximum absolute atomic E-state index is 13.2. The average Bonchev–Trinajstić information content (AvgIpc) is 3.32. The molecule has 0 saturated heterocycles. The maximum Gasteiger partial charge on any atom is 0.279 e. The Morgan fingerprint density at radius 1 is 1.42 bits per heavy atom. The second kappa shape index (κ2) is 9.23. The van der Waals surface area contributed by atoms with Gasteiger partial charge in [0.1, 0.15) is 34.9 Å². The van der Waals surface area contributed by atoms with E-state index in [4.69, 9.17) is 0 Å². The first-order valence-electron chi connectivity index (χ1n) is 10.6. The smallest absolute Gasteiger partial charge is 0.279 e. The minimum Gasteiger partial charge on any atom is -0.373 e. The molecule has 0 spiro atoms. The first kappa shape index (κ1) is 22.2. The number of carbonyl (C=O) groups is 1. The number of alkyl halides is 1. The topological polar surface area (TPSA) is 118 Å². The van der Waals surface area contributed by atoms with Crippen molar-refractivity contribution in [2.75, 3.05) is 17.7 Å². The zero-order valence-corrected chi connectivity index (χ0v) is 18.5. The van der Waals surface area contributed by atoms with Gasteiger partial charge in [0.15, 0.2) is 5.65 Å². The summed E-state index contributed by atoms with van der Waals surface area (Å²) in [6.45, 7) is 3.77. The van der Waals surface area contributed by atoms with Gasteiger partial charge in [0.25, 0.3) is 11.5 Å². The fraction of sp³-hybridized carbons (Fsp3) is 0.318. The number of hydrogen-bond acceptors (Lipinski definition) is 7. The van der Waals surface area contributed by atoms with Crippen molar-refractivity contribution in [3.05, 3.63) is 58.8 Å². The van der Waals surface area contributed by atoms with Crippen molar-refractivity contribution in [1.29, 1.82) is 0 Å². The van der Waals surface area contributed by atoms with Crippen LogP contribution in [0.2, 0.25) is 0 Å². The number of fused-ring (bicyclic) bond motifs is 1. The van der Waals surface area contributed by atoms with E-state index in [2.05, 4.69) is 31.0 Å². The highest BCUT2D eigenvalue weighted by Crippen LogP contribution is 2.26. The molecule has 1 amide bonds. The number of nitrogens with one attached hydrogen (secondary N) is 3. The fourth-order valence-electron chi connectivity index (χ4n) is 3.34. The third-order valence-corrected chi connectivity index (χ3v) is 5.18. The van der Waals surface area contributed by atoms with E-state index in [9.17, 15) is 14.0 Å². The average molecular weight is 452 g/mol. The molecule has 0 aromatic carbocycles. The molecule has 3 aromatic heterocycles. The lowest BCUT2D eigenvalue weighted by Gasteiger charge is -2.12. The van der Waals surface area contributed by atoms with Crippen LogP contribution in [0, 0.1) is 0 Å². The number of hydrogen-bond donors (Lipinski definition) is 3. The Balaban J connectivity index is 1.70. The van der Waals surface area contributed by atoms with Crippen molar-refractivity contribution in [1.82, 2.24) is 24.5 Å². The number of carbonyl (C=O) groups excluding carboxylic acids is 1. The molecular formula is C22H25FN8O2.